The van der Waals surface area contributed by atoms with Crippen LogP contribution in [0.1, 0.15) is 48.0 Å². The van der Waals surface area contributed by atoms with Crippen LogP contribution in [-0.4, -0.2) is 39.4 Å². The number of carboxylic acid groups (broad SMARTS) is 1. The number of carbonyl (C=O) groups is 2. The van der Waals surface area contributed by atoms with Crippen molar-refractivity contribution < 1.29 is 19.6 Å². The van der Waals surface area contributed by atoms with Gasteiger partial charge in [-0.05, 0) is 44.7 Å². The molecule has 0 radical (unpaired) electrons. The number of carboxylic acids is 1. The van der Waals surface area contributed by atoms with Crippen LogP contribution in [0, 0.1) is 17.0 Å². The van der Waals surface area contributed by atoms with Gasteiger partial charge in [0, 0.05) is 36.2 Å². The molecule has 1 atom stereocenters. The Hall–Kier alpha value is -2.44. The van der Waals surface area contributed by atoms with Crippen molar-refractivity contribution >= 4 is 17.6 Å². The number of nitrogens with zero attached hydrogens (tertiary/aromatic N) is 2. The normalized spacial score (nSPS) is 17.8. The minimum absolute atomic E-state index is 0.0115. The van der Waals surface area contributed by atoms with E-state index in [1.807, 2.05) is 0 Å². The lowest BCUT2D eigenvalue weighted by Gasteiger charge is -2.35. The van der Waals surface area contributed by atoms with Crippen LogP contribution in [-0.2, 0) is 4.79 Å². The van der Waals surface area contributed by atoms with Crippen LogP contribution in [0.5, 0.6) is 0 Å². The second-order valence-corrected chi connectivity index (χ2v) is 5.84. The van der Waals surface area contributed by atoms with E-state index >= 15 is 0 Å². The van der Waals surface area contributed by atoms with E-state index in [2.05, 4.69) is 0 Å². The third-order valence-corrected chi connectivity index (χ3v) is 4.22. The highest BCUT2D eigenvalue weighted by Gasteiger charge is 2.28. The van der Waals surface area contributed by atoms with Crippen molar-refractivity contribution in [2.45, 2.75) is 45.1 Å². The lowest BCUT2D eigenvalue weighted by atomic mass is 9.96. The van der Waals surface area contributed by atoms with Crippen LogP contribution in [0.15, 0.2) is 18.2 Å². The maximum atomic E-state index is 12.7. The third-order valence-electron chi connectivity index (χ3n) is 4.22. The van der Waals surface area contributed by atoms with Crippen molar-refractivity contribution in [2.24, 2.45) is 0 Å². The Labute approximate surface area is 134 Å². The Balaban J connectivity index is 2.18. The molecule has 2 rings (SSSR count). The lowest BCUT2D eigenvalue weighted by molar-refractivity contribution is -0.385. The summed E-state index contributed by atoms with van der Waals surface area (Å²) in [5.74, 6) is -1.05. The summed E-state index contributed by atoms with van der Waals surface area (Å²) in [5, 5.41) is 19.7. The van der Waals surface area contributed by atoms with Gasteiger partial charge in [0.15, 0.2) is 0 Å². The number of piperidine rings is 1. The molecule has 1 heterocycles. The molecule has 0 spiro atoms. The van der Waals surface area contributed by atoms with Crippen LogP contribution in [0.3, 0.4) is 0 Å². The summed E-state index contributed by atoms with van der Waals surface area (Å²) in [6, 6.07) is 4.26. The molecule has 1 aliphatic rings. The molecule has 0 aromatic heterocycles. The van der Waals surface area contributed by atoms with Gasteiger partial charge in [-0.3, -0.25) is 19.7 Å². The van der Waals surface area contributed by atoms with Gasteiger partial charge >= 0.3 is 5.97 Å². The fourth-order valence-electron chi connectivity index (χ4n) is 3.02. The van der Waals surface area contributed by atoms with E-state index in [4.69, 9.17) is 5.11 Å². The minimum atomic E-state index is -0.867. The zero-order valence-electron chi connectivity index (χ0n) is 13.0. The highest BCUT2D eigenvalue weighted by atomic mass is 16.6. The number of hydrogen-bond donors (Lipinski definition) is 1. The number of benzene rings is 1. The van der Waals surface area contributed by atoms with Crippen LogP contribution in [0.2, 0.25) is 0 Å². The van der Waals surface area contributed by atoms with Crippen molar-refractivity contribution in [1.82, 2.24) is 4.90 Å². The number of hydrogen-bond acceptors (Lipinski definition) is 4. The SMILES string of the molecule is Cc1cc(C(=O)N2CCCCC2CCC(=O)O)ccc1[N+](=O)[O-]. The van der Waals surface area contributed by atoms with E-state index < -0.39 is 10.9 Å². The Morgan fingerprint density at radius 1 is 1.39 bits per heavy atom. The highest BCUT2D eigenvalue weighted by molar-refractivity contribution is 5.95. The number of aliphatic carboxylic acids is 1. The van der Waals surface area contributed by atoms with Gasteiger partial charge in [0.05, 0.1) is 4.92 Å². The molecule has 1 aromatic carbocycles. The number of nitro benzene ring substituents is 1. The lowest BCUT2D eigenvalue weighted by Crippen LogP contribution is -2.44. The van der Waals surface area contributed by atoms with Crippen molar-refractivity contribution in [3.63, 3.8) is 0 Å². The minimum Gasteiger partial charge on any atom is -0.481 e. The maximum absolute atomic E-state index is 12.7. The standard InChI is InChI=1S/C16H20N2O5/c1-11-10-12(5-7-14(11)18(22)23)16(21)17-9-3-2-4-13(17)6-8-15(19)20/h5,7,10,13H,2-4,6,8-9H2,1H3,(H,19,20). The molecule has 1 unspecified atom stereocenters. The van der Waals surface area contributed by atoms with E-state index in [-0.39, 0.29) is 24.1 Å². The molecule has 1 N–H and O–H groups in total. The first-order valence-corrected chi connectivity index (χ1v) is 7.68. The van der Waals surface area contributed by atoms with Crippen molar-refractivity contribution in [3.8, 4) is 0 Å². The molecule has 124 valence electrons. The molecule has 1 fully saturated rings. The summed E-state index contributed by atoms with van der Waals surface area (Å²) in [6.07, 6.45) is 3.14. The first kappa shape index (κ1) is 16.9. The number of likely N-dealkylation sites (tertiary alicyclic amines) is 1. The predicted molar refractivity (Wildman–Crippen MR) is 83.4 cm³/mol. The topological polar surface area (TPSA) is 101 Å². The summed E-state index contributed by atoms with van der Waals surface area (Å²) in [7, 11) is 0. The van der Waals surface area contributed by atoms with E-state index in [0.29, 0.717) is 24.1 Å². The van der Waals surface area contributed by atoms with Crippen molar-refractivity contribution in [1.29, 1.82) is 0 Å². The highest BCUT2D eigenvalue weighted by Crippen LogP contribution is 2.25. The Morgan fingerprint density at radius 2 is 2.13 bits per heavy atom. The van der Waals surface area contributed by atoms with Gasteiger partial charge in [0.1, 0.15) is 0 Å². The summed E-state index contributed by atoms with van der Waals surface area (Å²) in [5.41, 5.74) is 0.845. The number of nitro groups is 1. The van der Waals surface area contributed by atoms with Gasteiger partial charge in [-0.15, -0.1) is 0 Å². The first-order chi connectivity index (χ1) is 10.9. The Kier molecular flexibility index (Phi) is 5.31. The molecule has 7 nitrogen and oxygen atoms in total. The Morgan fingerprint density at radius 3 is 2.74 bits per heavy atom. The fourth-order valence-corrected chi connectivity index (χ4v) is 3.02. The second-order valence-electron chi connectivity index (χ2n) is 5.84. The monoisotopic (exact) mass is 320 g/mol. The van der Waals surface area contributed by atoms with E-state index in [1.54, 1.807) is 11.8 Å². The Bertz CT molecular complexity index is 629. The van der Waals surface area contributed by atoms with Crippen LogP contribution < -0.4 is 0 Å². The van der Waals surface area contributed by atoms with E-state index in [1.165, 1.54) is 18.2 Å². The molecular weight excluding hydrogens is 300 g/mol. The molecule has 1 saturated heterocycles. The van der Waals surface area contributed by atoms with Gasteiger partial charge in [-0.1, -0.05) is 0 Å². The molecule has 0 saturated carbocycles. The summed E-state index contributed by atoms with van der Waals surface area (Å²) >= 11 is 0. The molecule has 1 aliphatic heterocycles. The molecule has 7 heteroatoms. The van der Waals surface area contributed by atoms with Gasteiger partial charge in [0.2, 0.25) is 0 Å². The molecule has 1 aromatic rings. The maximum Gasteiger partial charge on any atom is 0.303 e. The predicted octanol–water partition coefficient (Wildman–Crippen LogP) is 2.76. The van der Waals surface area contributed by atoms with E-state index in [9.17, 15) is 19.7 Å². The smallest absolute Gasteiger partial charge is 0.303 e. The molecule has 0 bridgehead atoms. The van der Waals surface area contributed by atoms with Gasteiger partial charge < -0.3 is 10.0 Å². The summed E-state index contributed by atoms with van der Waals surface area (Å²) in [6.45, 7) is 2.20. The van der Waals surface area contributed by atoms with Gasteiger partial charge in [-0.2, -0.15) is 0 Å². The third kappa shape index (κ3) is 4.06. The first-order valence-electron chi connectivity index (χ1n) is 7.68. The quantitative estimate of drug-likeness (QED) is 0.664. The van der Waals surface area contributed by atoms with Crippen molar-refractivity contribution in [2.75, 3.05) is 6.54 Å². The fraction of sp³-hybridized carbons (Fsp3) is 0.500. The average molecular weight is 320 g/mol. The number of aryl methyl sites for hydroxylation is 1. The number of rotatable bonds is 5. The molecule has 0 aliphatic carbocycles. The number of carbonyl (C=O) groups excluding carboxylic acids is 1. The number of amides is 1. The van der Waals surface area contributed by atoms with Gasteiger partial charge in [-0.25, -0.2) is 0 Å². The molecular formula is C16H20N2O5. The summed E-state index contributed by atoms with van der Waals surface area (Å²) < 4.78 is 0. The zero-order chi connectivity index (χ0) is 17.0. The molecule has 1 amide bonds. The van der Waals surface area contributed by atoms with Crippen molar-refractivity contribution in [3.05, 3.63) is 39.4 Å². The largest absolute Gasteiger partial charge is 0.481 e. The molecule has 23 heavy (non-hydrogen) atoms. The summed E-state index contributed by atoms with van der Waals surface area (Å²) in [4.78, 5) is 35.6. The zero-order valence-corrected chi connectivity index (χ0v) is 13.0. The second kappa shape index (κ2) is 7.21. The van der Waals surface area contributed by atoms with Crippen LogP contribution in [0.4, 0.5) is 5.69 Å². The van der Waals surface area contributed by atoms with Crippen LogP contribution in [0.25, 0.3) is 0 Å². The van der Waals surface area contributed by atoms with E-state index in [0.717, 1.165) is 19.3 Å². The van der Waals surface area contributed by atoms with Gasteiger partial charge in [0.25, 0.3) is 11.6 Å². The average Bonchev–Trinajstić information content (AvgIpc) is 2.52. The van der Waals surface area contributed by atoms with Crippen LogP contribution >= 0.6 is 0 Å².